The average molecular weight is 335 g/mol. The predicted molar refractivity (Wildman–Crippen MR) is 94.0 cm³/mol. The van der Waals surface area contributed by atoms with Gasteiger partial charge in [0.2, 0.25) is 12.7 Å². The Balaban J connectivity index is 1.95. The molecule has 1 aliphatic rings. The van der Waals surface area contributed by atoms with Crippen molar-refractivity contribution in [3.8, 4) is 11.5 Å². The number of ether oxygens (including phenoxy) is 2. The predicted octanol–water partition coefficient (Wildman–Crippen LogP) is 1.65. The summed E-state index contributed by atoms with van der Waals surface area (Å²) in [6, 6.07) is 5.54. The minimum atomic E-state index is -0.448. The molecule has 134 valence electrons. The molecule has 6 nitrogen and oxygen atoms in total. The summed E-state index contributed by atoms with van der Waals surface area (Å²) in [4.78, 5) is 14.5. The van der Waals surface area contributed by atoms with Crippen molar-refractivity contribution in [2.24, 2.45) is 11.5 Å². The van der Waals surface area contributed by atoms with Crippen LogP contribution in [0, 0.1) is 0 Å². The zero-order valence-corrected chi connectivity index (χ0v) is 14.7. The smallest absolute Gasteiger partial charge is 0.239 e. The van der Waals surface area contributed by atoms with Gasteiger partial charge in [-0.15, -0.1) is 0 Å². The minimum Gasteiger partial charge on any atom is -0.454 e. The number of hydrogen-bond donors (Lipinski definition) is 2. The summed E-state index contributed by atoms with van der Waals surface area (Å²) in [6.07, 6.45) is 3.23. The summed E-state index contributed by atoms with van der Waals surface area (Å²) in [5.74, 6) is 1.56. The molecule has 2 atom stereocenters. The van der Waals surface area contributed by atoms with Crippen LogP contribution in [0.4, 0.5) is 0 Å². The second-order valence-corrected chi connectivity index (χ2v) is 6.26. The van der Waals surface area contributed by atoms with Crippen molar-refractivity contribution in [2.45, 2.75) is 51.6 Å². The van der Waals surface area contributed by atoms with Gasteiger partial charge in [-0.05, 0) is 57.4 Å². The summed E-state index contributed by atoms with van der Waals surface area (Å²) in [7, 11) is 0. The molecule has 1 heterocycles. The molecule has 0 aliphatic carbocycles. The maximum Gasteiger partial charge on any atom is 0.239 e. The van der Waals surface area contributed by atoms with Gasteiger partial charge in [-0.3, -0.25) is 4.79 Å². The third-order valence-electron chi connectivity index (χ3n) is 4.41. The molecule has 0 radical (unpaired) electrons. The molecule has 0 spiro atoms. The molecule has 0 fully saturated rings. The third kappa shape index (κ3) is 4.61. The van der Waals surface area contributed by atoms with E-state index in [1.54, 1.807) is 0 Å². The molecule has 24 heavy (non-hydrogen) atoms. The van der Waals surface area contributed by atoms with Crippen LogP contribution in [0.1, 0.15) is 38.7 Å². The Hall–Kier alpha value is -1.79. The molecule has 2 rings (SSSR count). The number of amides is 1. The molecular weight excluding hydrogens is 306 g/mol. The Labute approximate surface area is 144 Å². The summed E-state index contributed by atoms with van der Waals surface area (Å²) in [5, 5.41) is 0. The fourth-order valence-corrected chi connectivity index (χ4v) is 3.05. The zero-order valence-electron chi connectivity index (χ0n) is 14.7. The molecule has 0 aromatic heterocycles. The SMILES string of the molecule is CCN(C(=O)[C@@H](N)CCCCN)C(C)Cc1ccc2c(c1)OCO2. The Kier molecular flexibility index (Phi) is 6.87. The van der Waals surface area contributed by atoms with Crippen molar-refractivity contribution >= 4 is 5.91 Å². The van der Waals surface area contributed by atoms with Crippen molar-refractivity contribution in [3.05, 3.63) is 23.8 Å². The minimum absolute atomic E-state index is 0.0164. The molecule has 1 aromatic carbocycles. The van der Waals surface area contributed by atoms with Crippen LogP contribution in [-0.4, -0.2) is 42.8 Å². The fourth-order valence-electron chi connectivity index (χ4n) is 3.05. The van der Waals surface area contributed by atoms with Gasteiger partial charge in [0.05, 0.1) is 6.04 Å². The van der Waals surface area contributed by atoms with Gasteiger partial charge in [-0.2, -0.15) is 0 Å². The van der Waals surface area contributed by atoms with Crippen molar-refractivity contribution in [2.75, 3.05) is 19.9 Å². The quantitative estimate of drug-likeness (QED) is 0.670. The first-order valence-electron chi connectivity index (χ1n) is 8.71. The molecule has 0 bridgehead atoms. The number of unbranched alkanes of at least 4 members (excludes halogenated alkanes) is 1. The van der Waals surface area contributed by atoms with Gasteiger partial charge in [0, 0.05) is 12.6 Å². The van der Waals surface area contributed by atoms with Crippen LogP contribution in [-0.2, 0) is 11.2 Å². The Morgan fingerprint density at radius 2 is 2.04 bits per heavy atom. The number of carbonyl (C=O) groups excluding carboxylic acids is 1. The number of carbonyl (C=O) groups is 1. The number of nitrogens with zero attached hydrogens (tertiary/aromatic N) is 1. The van der Waals surface area contributed by atoms with Crippen LogP contribution in [0.2, 0.25) is 0 Å². The van der Waals surface area contributed by atoms with E-state index < -0.39 is 6.04 Å². The largest absolute Gasteiger partial charge is 0.454 e. The molecule has 1 aromatic rings. The molecule has 1 unspecified atom stereocenters. The molecule has 6 heteroatoms. The molecule has 4 N–H and O–H groups in total. The lowest BCUT2D eigenvalue weighted by Gasteiger charge is -2.30. The van der Waals surface area contributed by atoms with E-state index in [1.807, 2.05) is 30.0 Å². The first-order valence-corrected chi connectivity index (χ1v) is 8.71. The highest BCUT2D eigenvalue weighted by Gasteiger charge is 2.24. The van der Waals surface area contributed by atoms with Crippen LogP contribution >= 0.6 is 0 Å². The van der Waals surface area contributed by atoms with Crippen LogP contribution in [0.25, 0.3) is 0 Å². The number of benzene rings is 1. The van der Waals surface area contributed by atoms with Crippen LogP contribution in [0.3, 0.4) is 0 Å². The number of hydrogen-bond acceptors (Lipinski definition) is 5. The highest BCUT2D eigenvalue weighted by atomic mass is 16.7. The second-order valence-electron chi connectivity index (χ2n) is 6.26. The number of fused-ring (bicyclic) bond motifs is 1. The highest BCUT2D eigenvalue weighted by molar-refractivity contribution is 5.81. The summed E-state index contributed by atoms with van der Waals surface area (Å²) in [6.45, 7) is 5.60. The van der Waals surface area contributed by atoms with E-state index in [1.165, 1.54) is 0 Å². The Bertz CT molecular complexity index is 550. The number of nitrogens with two attached hydrogens (primary N) is 2. The van der Waals surface area contributed by atoms with Crippen molar-refractivity contribution in [1.29, 1.82) is 0 Å². The molecule has 1 amide bonds. The first kappa shape index (κ1) is 18.5. The zero-order chi connectivity index (χ0) is 17.5. The normalized spacial score (nSPS) is 15.2. The highest BCUT2D eigenvalue weighted by Crippen LogP contribution is 2.33. The lowest BCUT2D eigenvalue weighted by atomic mass is 10.0. The second kappa shape index (κ2) is 8.89. The summed E-state index contributed by atoms with van der Waals surface area (Å²) >= 11 is 0. The van der Waals surface area contributed by atoms with Gasteiger partial charge >= 0.3 is 0 Å². The topological polar surface area (TPSA) is 90.8 Å². The van der Waals surface area contributed by atoms with Gasteiger partial charge in [0.1, 0.15) is 0 Å². The standard InChI is InChI=1S/C18H29N3O3/c1-3-21(18(22)15(20)6-4-5-9-19)13(2)10-14-7-8-16-17(11-14)24-12-23-16/h7-8,11,13,15H,3-6,9-10,12,19-20H2,1-2H3/t13?,15-/m0/s1. The van der Waals surface area contributed by atoms with Crippen LogP contribution < -0.4 is 20.9 Å². The van der Waals surface area contributed by atoms with E-state index in [2.05, 4.69) is 6.92 Å². The van der Waals surface area contributed by atoms with Crippen molar-refractivity contribution < 1.29 is 14.3 Å². The van der Waals surface area contributed by atoms with E-state index in [0.717, 1.165) is 36.3 Å². The van der Waals surface area contributed by atoms with E-state index in [4.69, 9.17) is 20.9 Å². The van der Waals surface area contributed by atoms with E-state index >= 15 is 0 Å². The number of rotatable bonds is 9. The Morgan fingerprint density at radius 3 is 2.75 bits per heavy atom. The van der Waals surface area contributed by atoms with E-state index in [-0.39, 0.29) is 18.7 Å². The molecular formula is C18H29N3O3. The van der Waals surface area contributed by atoms with E-state index in [9.17, 15) is 4.79 Å². The van der Waals surface area contributed by atoms with Crippen molar-refractivity contribution in [3.63, 3.8) is 0 Å². The van der Waals surface area contributed by atoms with Crippen molar-refractivity contribution in [1.82, 2.24) is 4.90 Å². The Morgan fingerprint density at radius 1 is 1.29 bits per heavy atom. The van der Waals surface area contributed by atoms with Crippen LogP contribution in [0.5, 0.6) is 11.5 Å². The van der Waals surface area contributed by atoms with Gasteiger partial charge in [-0.25, -0.2) is 0 Å². The van der Waals surface area contributed by atoms with Gasteiger partial charge in [-0.1, -0.05) is 12.5 Å². The van der Waals surface area contributed by atoms with Crippen LogP contribution in [0.15, 0.2) is 18.2 Å². The van der Waals surface area contributed by atoms with E-state index in [0.29, 0.717) is 19.5 Å². The first-order chi connectivity index (χ1) is 11.6. The third-order valence-corrected chi connectivity index (χ3v) is 4.41. The average Bonchev–Trinajstić information content (AvgIpc) is 3.03. The maximum absolute atomic E-state index is 12.6. The monoisotopic (exact) mass is 335 g/mol. The summed E-state index contributed by atoms with van der Waals surface area (Å²) < 4.78 is 10.7. The number of likely N-dealkylation sites (N-methyl/N-ethyl adjacent to an activating group) is 1. The summed E-state index contributed by atoms with van der Waals surface area (Å²) in [5.41, 5.74) is 12.7. The van der Waals surface area contributed by atoms with Gasteiger partial charge in [0.15, 0.2) is 11.5 Å². The van der Waals surface area contributed by atoms with Gasteiger partial charge in [0.25, 0.3) is 0 Å². The molecule has 0 saturated carbocycles. The lowest BCUT2D eigenvalue weighted by Crippen LogP contribution is -2.48. The maximum atomic E-state index is 12.6. The van der Waals surface area contributed by atoms with Gasteiger partial charge < -0.3 is 25.8 Å². The molecule has 1 aliphatic heterocycles. The molecule has 0 saturated heterocycles. The lowest BCUT2D eigenvalue weighted by molar-refractivity contribution is -0.134. The fraction of sp³-hybridized carbons (Fsp3) is 0.611.